The molecule has 0 heterocycles. The van der Waals surface area contributed by atoms with E-state index in [4.69, 9.17) is 0 Å². The quantitative estimate of drug-likeness (QED) is 0.678. The third kappa shape index (κ3) is 1.21. The molecule has 0 aliphatic heterocycles. The van der Waals surface area contributed by atoms with E-state index < -0.39 is 0 Å². The Bertz CT molecular complexity index is 295. The van der Waals surface area contributed by atoms with Crippen LogP contribution in [0.4, 0.5) is 0 Å². The van der Waals surface area contributed by atoms with Gasteiger partial charge in [-0.2, -0.15) is 0 Å². The molecule has 0 spiro atoms. The van der Waals surface area contributed by atoms with Crippen LogP contribution in [0.1, 0.15) is 19.3 Å². The Kier molecular flexibility index (Phi) is 2.22. The molecule has 2 aliphatic rings. The summed E-state index contributed by atoms with van der Waals surface area (Å²) in [7, 11) is 1.72. The lowest BCUT2D eigenvalue weighted by atomic mass is 9.75. The van der Waals surface area contributed by atoms with Crippen LogP contribution in [0.2, 0.25) is 0 Å². The average Bonchev–Trinajstić information content (AvgIpc) is 2.74. The summed E-state index contributed by atoms with van der Waals surface area (Å²) in [5.41, 5.74) is 0.0898. The van der Waals surface area contributed by atoms with Gasteiger partial charge in [0.2, 0.25) is 5.91 Å². The number of hydrogen-bond donors (Lipinski definition) is 1. The molecule has 3 unspecified atom stereocenters. The monoisotopic (exact) mass is 191 g/mol. The van der Waals surface area contributed by atoms with Gasteiger partial charge in [0.1, 0.15) is 0 Å². The van der Waals surface area contributed by atoms with Crippen LogP contribution >= 0.6 is 0 Å². The number of rotatable bonds is 3. The Morgan fingerprint density at radius 3 is 3.14 bits per heavy atom. The van der Waals surface area contributed by atoms with E-state index in [1.807, 2.05) is 6.08 Å². The minimum atomic E-state index is 0.0898. The molecule has 2 aliphatic carbocycles. The van der Waals surface area contributed by atoms with E-state index in [2.05, 4.69) is 24.0 Å². The van der Waals surface area contributed by atoms with Crippen LogP contribution in [-0.4, -0.2) is 13.0 Å². The van der Waals surface area contributed by atoms with Crippen molar-refractivity contribution in [2.24, 2.45) is 17.3 Å². The van der Waals surface area contributed by atoms with Crippen molar-refractivity contribution < 1.29 is 4.79 Å². The van der Waals surface area contributed by atoms with Gasteiger partial charge in [-0.1, -0.05) is 18.2 Å². The van der Waals surface area contributed by atoms with Crippen molar-refractivity contribution in [1.82, 2.24) is 5.32 Å². The van der Waals surface area contributed by atoms with Crippen molar-refractivity contribution in [3.8, 4) is 0 Å². The van der Waals surface area contributed by atoms with Crippen molar-refractivity contribution in [2.45, 2.75) is 19.3 Å². The third-order valence-electron chi connectivity index (χ3n) is 3.66. The molecule has 14 heavy (non-hydrogen) atoms. The molecule has 0 aromatic carbocycles. The maximum atomic E-state index is 11.7. The molecule has 0 aromatic heterocycles. The summed E-state index contributed by atoms with van der Waals surface area (Å²) in [5, 5.41) is 2.77. The van der Waals surface area contributed by atoms with Crippen LogP contribution in [0.15, 0.2) is 24.8 Å². The zero-order valence-corrected chi connectivity index (χ0v) is 8.62. The van der Waals surface area contributed by atoms with Crippen molar-refractivity contribution in [1.29, 1.82) is 0 Å². The van der Waals surface area contributed by atoms with E-state index in [1.54, 1.807) is 7.05 Å². The SMILES string of the molecule is C=CCC12C=CC(CC1C(=O)NC)C2. The van der Waals surface area contributed by atoms with Crippen molar-refractivity contribution >= 4 is 5.91 Å². The van der Waals surface area contributed by atoms with Gasteiger partial charge in [-0.25, -0.2) is 0 Å². The number of amides is 1. The normalized spacial score (nSPS) is 38.6. The molecule has 2 heteroatoms. The fourth-order valence-corrected chi connectivity index (χ4v) is 3.01. The van der Waals surface area contributed by atoms with E-state index in [-0.39, 0.29) is 17.2 Å². The molecule has 76 valence electrons. The smallest absolute Gasteiger partial charge is 0.223 e. The maximum absolute atomic E-state index is 11.7. The zero-order valence-electron chi connectivity index (χ0n) is 8.62. The second-order valence-corrected chi connectivity index (χ2v) is 4.45. The molecular formula is C12H17NO. The molecule has 2 nitrogen and oxygen atoms in total. The fourth-order valence-electron chi connectivity index (χ4n) is 3.01. The molecular weight excluding hydrogens is 174 g/mol. The first-order valence-corrected chi connectivity index (χ1v) is 5.24. The van der Waals surface area contributed by atoms with Crippen LogP contribution in [0.5, 0.6) is 0 Å². The fraction of sp³-hybridized carbons (Fsp3) is 0.583. The van der Waals surface area contributed by atoms with Crippen molar-refractivity contribution in [2.75, 3.05) is 7.05 Å². The van der Waals surface area contributed by atoms with Crippen LogP contribution in [0.3, 0.4) is 0 Å². The first-order valence-electron chi connectivity index (χ1n) is 5.24. The summed E-state index contributed by atoms with van der Waals surface area (Å²) in [4.78, 5) is 11.7. The van der Waals surface area contributed by atoms with E-state index in [0.29, 0.717) is 5.92 Å². The van der Waals surface area contributed by atoms with E-state index in [9.17, 15) is 4.79 Å². The van der Waals surface area contributed by atoms with Gasteiger partial charge in [-0.3, -0.25) is 4.79 Å². The van der Waals surface area contributed by atoms with Gasteiger partial charge in [0.05, 0.1) is 0 Å². The molecule has 2 rings (SSSR count). The predicted octanol–water partition coefficient (Wildman–Crippen LogP) is 1.89. The third-order valence-corrected chi connectivity index (χ3v) is 3.66. The summed E-state index contributed by atoms with van der Waals surface area (Å²) in [6, 6.07) is 0. The summed E-state index contributed by atoms with van der Waals surface area (Å²) in [5.74, 6) is 0.983. The number of nitrogens with one attached hydrogen (secondary N) is 1. The van der Waals surface area contributed by atoms with E-state index >= 15 is 0 Å². The average molecular weight is 191 g/mol. The molecule has 1 amide bonds. The van der Waals surface area contributed by atoms with E-state index in [1.165, 1.54) is 0 Å². The van der Waals surface area contributed by atoms with Crippen LogP contribution in [0, 0.1) is 17.3 Å². The van der Waals surface area contributed by atoms with Crippen LogP contribution < -0.4 is 5.32 Å². The minimum Gasteiger partial charge on any atom is -0.359 e. The Morgan fingerprint density at radius 1 is 1.79 bits per heavy atom. The second-order valence-electron chi connectivity index (χ2n) is 4.45. The molecule has 1 N–H and O–H groups in total. The number of carbonyl (C=O) groups is 1. The van der Waals surface area contributed by atoms with Crippen LogP contribution in [0.25, 0.3) is 0 Å². The molecule has 0 radical (unpaired) electrons. The lowest BCUT2D eigenvalue weighted by molar-refractivity contribution is -0.126. The summed E-state index contributed by atoms with van der Waals surface area (Å²) in [6.07, 6.45) is 9.53. The highest BCUT2D eigenvalue weighted by atomic mass is 16.1. The minimum absolute atomic E-state index is 0.0898. The highest BCUT2D eigenvalue weighted by molar-refractivity contribution is 5.80. The topological polar surface area (TPSA) is 29.1 Å². The van der Waals surface area contributed by atoms with E-state index in [0.717, 1.165) is 19.3 Å². The van der Waals surface area contributed by atoms with Crippen molar-refractivity contribution in [3.05, 3.63) is 24.8 Å². The molecule has 2 bridgehead atoms. The van der Waals surface area contributed by atoms with Gasteiger partial charge in [0, 0.05) is 18.4 Å². The van der Waals surface area contributed by atoms with Gasteiger partial charge in [0.15, 0.2) is 0 Å². The Morgan fingerprint density at radius 2 is 2.57 bits per heavy atom. The highest BCUT2D eigenvalue weighted by Crippen LogP contribution is 2.55. The van der Waals surface area contributed by atoms with Gasteiger partial charge < -0.3 is 5.32 Å². The van der Waals surface area contributed by atoms with Gasteiger partial charge >= 0.3 is 0 Å². The first kappa shape index (κ1) is 9.50. The highest BCUT2D eigenvalue weighted by Gasteiger charge is 2.50. The largest absolute Gasteiger partial charge is 0.359 e. The number of allylic oxidation sites excluding steroid dienone is 3. The van der Waals surface area contributed by atoms with Crippen LogP contribution in [-0.2, 0) is 4.79 Å². The molecule has 1 fully saturated rings. The predicted molar refractivity (Wildman–Crippen MR) is 56.7 cm³/mol. The Balaban J connectivity index is 2.23. The molecule has 0 saturated heterocycles. The van der Waals surface area contributed by atoms with Gasteiger partial charge in [0.25, 0.3) is 0 Å². The lowest BCUT2D eigenvalue weighted by Crippen LogP contribution is -2.36. The van der Waals surface area contributed by atoms with Gasteiger partial charge in [-0.15, -0.1) is 6.58 Å². The number of hydrogen-bond acceptors (Lipinski definition) is 1. The summed E-state index contributed by atoms with van der Waals surface area (Å²) < 4.78 is 0. The number of carbonyl (C=O) groups excluding carboxylic acids is 1. The second kappa shape index (κ2) is 3.26. The molecule has 1 saturated carbocycles. The standard InChI is InChI=1S/C12H17NO/c1-3-5-12-6-4-9(8-12)7-10(12)11(14)13-2/h3-4,6,9-10H,1,5,7-8H2,2H3,(H,13,14). The van der Waals surface area contributed by atoms with Crippen molar-refractivity contribution in [3.63, 3.8) is 0 Å². The summed E-state index contributed by atoms with van der Waals surface area (Å²) >= 11 is 0. The Hall–Kier alpha value is -1.05. The molecule has 3 atom stereocenters. The molecule has 0 aromatic rings. The maximum Gasteiger partial charge on any atom is 0.223 e. The zero-order chi connectivity index (χ0) is 10.2. The Labute approximate surface area is 85.1 Å². The summed E-state index contributed by atoms with van der Waals surface area (Å²) in [6.45, 7) is 3.79. The lowest BCUT2D eigenvalue weighted by Gasteiger charge is -2.29. The number of fused-ring (bicyclic) bond motifs is 2. The first-order chi connectivity index (χ1) is 6.72. The van der Waals surface area contributed by atoms with Gasteiger partial charge in [-0.05, 0) is 25.2 Å².